The Balaban J connectivity index is 1.41. The summed E-state index contributed by atoms with van der Waals surface area (Å²) in [6, 6.07) is 10.3. The van der Waals surface area contributed by atoms with Crippen LogP contribution in [0.3, 0.4) is 0 Å². The van der Waals surface area contributed by atoms with E-state index in [0.717, 1.165) is 11.1 Å². The van der Waals surface area contributed by atoms with E-state index in [4.69, 9.17) is 9.47 Å². The fourth-order valence-electron chi connectivity index (χ4n) is 4.36. The third kappa shape index (κ3) is 8.95. The van der Waals surface area contributed by atoms with Crippen molar-refractivity contribution < 1.29 is 28.7 Å². The minimum absolute atomic E-state index is 0.159. The fourth-order valence-corrected chi connectivity index (χ4v) is 4.36. The van der Waals surface area contributed by atoms with E-state index in [0.29, 0.717) is 39.3 Å². The van der Waals surface area contributed by atoms with Crippen LogP contribution in [0.5, 0.6) is 0 Å². The molecule has 4 rings (SSSR count). The summed E-state index contributed by atoms with van der Waals surface area (Å²) in [6.45, 7) is 4.48. The normalized spacial score (nSPS) is 19.3. The first-order valence-electron chi connectivity index (χ1n) is 13.2. The largest absolute Gasteiger partial charge is 0.379 e. The molecule has 4 atom stereocenters. The number of hydrogen-bond donors (Lipinski definition) is 3. The average molecular weight is 538 g/mol. The molecular formula is C28H35N5O6. The number of carbonyl (C=O) groups is 4. The van der Waals surface area contributed by atoms with Gasteiger partial charge < -0.3 is 25.4 Å². The standard InChI is InChI=1S/C28H35N5O6/c1-19(30-25(34)17-33-10-12-38-13-11-33)27(36)32-23(15-21-8-5-9-29-16-21)28(37)31-22(26(35)24-18-39-24)14-20-6-3-2-4-7-20/h2-9,16,19,22-24H,10-15,17-18H2,1H3,(H,30,34)(H,31,37)(H,32,36)/t19-,22-,23-,24+/m0/s1. The molecular weight excluding hydrogens is 502 g/mol. The monoisotopic (exact) mass is 537 g/mol. The number of rotatable bonds is 13. The Labute approximate surface area is 227 Å². The molecule has 3 heterocycles. The number of aromatic nitrogens is 1. The van der Waals surface area contributed by atoms with Crippen LogP contribution in [0.1, 0.15) is 18.1 Å². The van der Waals surface area contributed by atoms with Crippen LogP contribution >= 0.6 is 0 Å². The SMILES string of the molecule is C[C@H](NC(=O)CN1CCOCC1)C(=O)N[C@@H](Cc1cccnc1)C(=O)N[C@@H](Cc1ccccc1)C(=O)[C@H]1CO1. The zero-order valence-electron chi connectivity index (χ0n) is 22.0. The molecule has 11 nitrogen and oxygen atoms in total. The Bertz CT molecular complexity index is 1120. The van der Waals surface area contributed by atoms with Crippen LogP contribution in [0.25, 0.3) is 0 Å². The quantitative estimate of drug-likeness (QED) is 0.294. The van der Waals surface area contributed by atoms with E-state index in [-0.39, 0.29) is 24.7 Å². The summed E-state index contributed by atoms with van der Waals surface area (Å²) in [5, 5.41) is 8.30. The highest BCUT2D eigenvalue weighted by molar-refractivity contribution is 5.96. The molecule has 3 N–H and O–H groups in total. The summed E-state index contributed by atoms with van der Waals surface area (Å²) in [5.74, 6) is -1.51. The van der Waals surface area contributed by atoms with E-state index in [2.05, 4.69) is 20.9 Å². The van der Waals surface area contributed by atoms with Gasteiger partial charge in [0.1, 0.15) is 18.2 Å². The van der Waals surface area contributed by atoms with Gasteiger partial charge in [0.25, 0.3) is 0 Å². The Morgan fingerprint density at radius 2 is 1.59 bits per heavy atom. The van der Waals surface area contributed by atoms with Gasteiger partial charge in [0, 0.05) is 31.9 Å². The lowest BCUT2D eigenvalue weighted by Gasteiger charge is -2.27. The van der Waals surface area contributed by atoms with Crippen LogP contribution in [-0.2, 0) is 41.5 Å². The molecule has 2 aromatic rings. The lowest BCUT2D eigenvalue weighted by molar-refractivity contribution is -0.133. The summed E-state index contributed by atoms with van der Waals surface area (Å²) in [7, 11) is 0. The minimum Gasteiger partial charge on any atom is -0.379 e. The van der Waals surface area contributed by atoms with Gasteiger partial charge in [-0.1, -0.05) is 36.4 Å². The molecule has 0 radical (unpaired) electrons. The van der Waals surface area contributed by atoms with Crippen molar-refractivity contribution in [3.8, 4) is 0 Å². The van der Waals surface area contributed by atoms with E-state index in [1.807, 2.05) is 35.2 Å². The second-order valence-corrected chi connectivity index (χ2v) is 9.78. The zero-order chi connectivity index (χ0) is 27.6. The number of hydrogen-bond acceptors (Lipinski definition) is 8. The van der Waals surface area contributed by atoms with Crippen molar-refractivity contribution in [1.82, 2.24) is 25.8 Å². The number of amides is 3. The number of carbonyl (C=O) groups excluding carboxylic acids is 4. The first kappa shape index (κ1) is 28.3. The number of ketones is 1. The number of nitrogens with one attached hydrogen (secondary N) is 3. The van der Waals surface area contributed by atoms with E-state index >= 15 is 0 Å². The van der Waals surface area contributed by atoms with Crippen LogP contribution < -0.4 is 16.0 Å². The topological polar surface area (TPSA) is 142 Å². The third-order valence-electron chi connectivity index (χ3n) is 6.63. The summed E-state index contributed by atoms with van der Waals surface area (Å²) >= 11 is 0. The first-order chi connectivity index (χ1) is 18.9. The molecule has 0 spiro atoms. The number of benzene rings is 1. The lowest BCUT2D eigenvalue weighted by atomic mass is 9.99. The number of nitrogens with zero attached hydrogens (tertiary/aromatic N) is 2. The van der Waals surface area contributed by atoms with Gasteiger partial charge in [-0.25, -0.2) is 0 Å². The maximum absolute atomic E-state index is 13.5. The lowest BCUT2D eigenvalue weighted by Crippen LogP contribution is -2.57. The van der Waals surface area contributed by atoms with Gasteiger partial charge in [-0.05, 0) is 30.5 Å². The molecule has 2 saturated heterocycles. The number of morpholine rings is 1. The van der Waals surface area contributed by atoms with Gasteiger partial charge in [0.2, 0.25) is 17.7 Å². The van der Waals surface area contributed by atoms with Crippen molar-refractivity contribution in [2.75, 3.05) is 39.5 Å². The maximum atomic E-state index is 13.5. The van der Waals surface area contributed by atoms with Gasteiger partial charge in [-0.15, -0.1) is 0 Å². The highest BCUT2D eigenvalue weighted by Crippen LogP contribution is 2.16. The number of epoxide rings is 1. The minimum atomic E-state index is -0.994. The summed E-state index contributed by atoms with van der Waals surface area (Å²) in [5.41, 5.74) is 1.62. The smallest absolute Gasteiger partial charge is 0.243 e. The van der Waals surface area contributed by atoms with Crippen molar-refractivity contribution in [3.63, 3.8) is 0 Å². The molecule has 0 bridgehead atoms. The predicted molar refractivity (Wildman–Crippen MR) is 142 cm³/mol. The summed E-state index contributed by atoms with van der Waals surface area (Å²) < 4.78 is 10.5. The van der Waals surface area contributed by atoms with Crippen molar-refractivity contribution in [2.45, 2.75) is 44.0 Å². The zero-order valence-corrected chi connectivity index (χ0v) is 22.0. The fraction of sp³-hybridized carbons (Fsp3) is 0.464. The molecule has 1 aromatic heterocycles. The van der Waals surface area contributed by atoms with Crippen LogP contribution in [-0.4, -0.2) is 97.1 Å². The molecule has 2 aliphatic rings. The van der Waals surface area contributed by atoms with Gasteiger partial charge in [0.15, 0.2) is 5.78 Å². The van der Waals surface area contributed by atoms with Crippen LogP contribution in [0.2, 0.25) is 0 Å². The van der Waals surface area contributed by atoms with Crippen molar-refractivity contribution >= 4 is 23.5 Å². The van der Waals surface area contributed by atoms with Gasteiger partial charge in [-0.3, -0.25) is 29.1 Å². The van der Waals surface area contributed by atoms with Gasteiger partial charge in [-0.2, -0.15) is 0 Å². The Morgan fingerprint density at radius 1 is 0.923 bits per heavy atom. The molecule has 0 unspecified atom stereocenters. The molecule has 1 aromatic carbocycles. The molecule has 0 aliphatic carbocycles. The Hall–Kier alpha value is -3.67. The Morgan fingerprint density at radius 3 is 2.26 bits per heavy atom. The highest BCUT2D eigenvalue weighted by atomic mass is 16.6. The van der Waals surface area contributed by atoms with Crippen molar-refractivity contribution in [3.05, 3.63) is 66.0 Å². The molecule has 39 heavy (non-hydrogen) atoms. The number of ether oxygens (including phenoxy) is 2. The molecule has 2 aliphatic heterocycles. The molecule has 11 heteroatoms. The van der Waals surface area contributed by atoms with E-state index in [9.17, 15) is 19.2 Å². The molecule has 0 saturated carbocycles. The van der Waals surface area contributed by atoms with Crippen LogP contribution in [0.15, 0.2) is 54.9 Å². The maximum Gasteiger partial charge on any atom is 0.243 e. The van der Waals surface area contributed by atoms with Crippen LogP contribution in [0.4, 0.5) is 0 Å². The second kappa shape index (κ2) is 13.9. The van der Waals surface area contributed by atoms with Crippen LogP contribution in [0, 0.1) is 0 Å². The number of Topliss-reactive ketones (excluding diaryl/α,β-unsaturated/α-hetero) is 1. The highest BCUT2D eigenvalue weighted by Gasteiger charge is 2.38. The van der Waals surface area contributed by atoms with E-state index < -0.39 is 36.0 Å². The number of pyridine rings is 1. The molecule has 2 fully saturated rings. The molecule has 208 valence electrons. The third-order valence-corrected chi connectivity index (χ3v) is 6.63. The van der Waals surface area contributed by atoms with Crippen molar-refractivity contribution in [1.29, 1.82) is 0 Å². The second-order valence-electron chi connectivity index (χ2n) is 9.78. The Kier molecular flexibility index (Phi) is 10.1. The van der Waals surface area contributed by atoms with Gasteiger partial charge >= 0.3 is 0 Å². The summed E-state index contributed by atoms with van der Waals surface area (Å²) in [4.78, 5) is 58.0. The predicted octanol–water partition coefficient (Wildman–Crippen LogP) is -0.359. The molecule has 3 amide bonds. The van der Waals surface area contributed by atoms with Gasteiger partial charge in [0.05, 0.1) is 32.4 Å². The van der Waals surface area contributed by atoms with Crippen molar-refractivity contribution in [2.24, 2.45) is 0 Å². The average Bonchev–Trinajstić information content (AvgIpc) is 3.79. The summed E-state index contributed by atoms with van der Waals surface area (Å²) in [6.07, 6.45) is 3.16. The first-order valence-corrected chi connectivity index (χ1v) is 13.2. The van der Waals surface area contributed by atoms with E-state index in [1.165, 1.54) is 0 Å². The van der Waals surface area contributed by atoms with E-state index in [1.54, 1.807) is 31.5 Å².